The molecule has 0 aliphatic carbocycles. The van der Waals surface area contributed by atoms with Crippen molar-refractivity contribution in [1.82, 2.24) is 9.88 Å². The largest absolute Gasteiger partial charge is 0.478 e. The first-order chi connectivity index (χ1) is 13.8. The number of rotatable bonds is 6. The molecule has 1 aromatic heterocycles. The number of hydrogen-bond acceptors (Lipinski definition) is 3. The molecule has 2 N–H and O–H groups in total. The molecule has 1 aromatic carbocycles. The van der Waals surface area contributed by atoms with Crippen LogP contribution in [0.1, 0.15) is 58.7 Å². The molecule has 0 spiro atoms. The van der Waals surface area contributed by atoms with Crippen LogP contribution in [0.2, 0.25) is 0 Å². The van der Waals surface area contributed by atoms with Crippen LogP contribution >= 0.6 is 0 Å². The van der Waals surface area contributed by atoms with Crippen LogP contribution < -0.4 is 5.56 Å². The Morgan fingerprint density at radius 3 is 2.52 bits per heavy atom. The first kappa shape index (κ1) is 20.8. The van der Waals surface area contributed by atoms with E-state index in [1.165, 1.54) is 6.07 Å². The van der Waals surface area contributed by atoms with Crippen LogP contribution in [0.4, 0.5) is 0 Å². The Hall–Kier alpha value is -2.89. The maximum absolute atomic E-state index is 12.9. The third-order valence-electron chi connectivity index (χ3n) is 5.43. The van der Waals surface area contributed by atoms with Gasteiger partial charge in [0.2, 0.25) is 5.56 Å². The van der Waals surface area contributed by atoms with Gasteiger partial charge in [0.25, 0.3) is 5.91 Å². The predicted octanol–water partition coefficient (Wildman–Crippen LogP) is 3.37. The fourth-order valence-electron chi connectivity index (χ4n) is 4.01. The lowest BCUT2D eigenvalue weighted by Crippen LogP contribution is -2.39. The summed E-state index contributed by atoms with van der Waals surface area (Å²) in [6.45, 7) is 5.37. The molecule has 6 nitrogen and oxygen atoms in total. The van der Waals surface area contributed by atoms with Crippen LogP contribution in [0, 0.1) is 11.8 Å². The van der Waals surface area contributed by atoms with Crippen molar-refractivity contribution in [1.29, 1.82) is 0 Å². The number of benzene rings is 1. The number of nitrogens with one attached hydrogen (secondary N) is 1. The SMILES string of the molecule is CC(C)Cc1cc(C(=O)N2CCC(Cc3ccccc3C(=O)O)CC2)cc(=O)[nH]1. The third-order valence-corrected chi connectivity index (χ3v) is 5.43. The lowest BCUT2D eigenvalue weighted by atomic mass is 9.88. The number of aromatic carboxylic acids is 1. The van der Waals surface area contributed by atoms with E-state index in [0.717, 1.165) is 30.5 Å². The van der Waals surface area contributed by atoms with E-state index in [2.05, 4.69) is 18.8 Å². The highest BCUT2D eigenvalue weighted by Gasteiger charge is 2.25. The van der Waals surface area contributed by atoms with E-state index < -0.39 is 5.97 Å². The summed E-state index contributed by atoms with van der Waals surface area (Å²) in [7, 11) is 0. The zero-order valence-corrected chi connectivity index (χ0v) is 17.0. The van der Waals surface area contributed by atoms with Gasteiger partial charge in [-0.15, -0.1) is 0 Å². The average molecular weight is 396 g/mol. The first-order valence-corrected chi connectivity index (χ1v) is 10.2. The van der Waals surface area contributed by atoms with Crippen molar-refractivity contribution in [2.75, 3.05) is 13.1 Å². The Balaban J connectivity index is 1.64. The summed E-state index contributed by atoms with van der Waals surface area (Å²) >= 11 is 0. The lowest BCUT2D eigenvalue weighted by molar-refractivity contribution is 0.0690. The van der Waals surface area contributed by atoms with Crippen LogP contribution in [0.15, 0.2) is 41.2 Å². The van der Waals surface area contributed by atoms with Gasteiger partial charge in [-0.05, 0) is 55.2 Å². The van der Waals surface area contributed by atoms with E-state index in [9.17, 15) is 19.5 Å². The van der Waals surface area contributed by atoms with E-state index in [1.807, 2.05) is 12.1 Å². The van der Waals surface area contributed by atoms with Gasteiger partial charge in [-0.3, -0.25) is 9.59 Å². The minimum absolute atomic E-state index is 0.106. The quantitative estimate of drug-likeness (QED) is 0.783. The molecule has 1 amide bonds. The monoisotopic (exact) mass is 396 g/mol. The van der Waals surface area contributed by atoms with Crippen molar-refractivity contribution in [3.8, 4) is 0 Å². The number of aromatic nitrogens is 1. The van der Waals surface area contributed by atoms with Crippen molar-refractivity contribution in [2.24, 2.45) is 11.8 Å². The van der Waals surface area contributed by atoms with Crippen LogP contribution in [-0.4, -0.2) is 40.0 Å². The zero-order chi connectivity index (χ0) is 21.0. The van der Waals surface area contributed by atoms with Gasteiger partial charge < -0.3 is 15.0 Å². The van der Waals surface area contributed by atoms with Crippen LogP contribution in [0.25, 0.3) is 0 Å². The highest BCUT2D eigenvalue weighted by atomic mass is 16.4. The van der Waals surface area contributed by atoms with E-state index >= 15 is 0 Å². The summed E-state index contributed by atoms with van der Waals surface area (Å²) in [6.07, 6.45) is 3.07. The number of carboxylic acids is 1. The van der Waals surface area contributed by atoms with Gasteiger partial charge in [0.1, 0.15) is 0 Å². The van der Waals surface area contributed by atoms with Crippen LogP contribution in [-0.2, 0) is 12.8 Å². The summed E-state index contributed by atoms with van der Waals surface area (Å²) in [5.41, 5.74) is 2.19. The second-order valence-electron chi connectivity index (χ2n) is 8.26. The summed E-state index contributed by atoms with van der Waals surface area (Å²) in [5, 5.41) is 9.35. The maximum atomic E-state index is 12.9. The number of piperidine rings is 1. The van der Waals surface area contributed by atoms with Crippen molar-refractivity contribution >= 4 is 11.9 Å². The molecule has 29 heavy (non-hydrogen) atoms. The molecule has 2 heterocycles. The van der Waals surface area contributed by atoms with Crippen LogP contribution in [0.5, 0.6) is 0 Å². The molecule has 0 atom stereocenters. The number of hydrogen-bond donors (Lipinski definition) is 2. The number of carboxylic acid groups (broad SMARTS) is 1. The summed E-state index contributed by atoms with van der Waals surface area (Å²) in [6, 6.07) is 10.3. The first-order valence-electron chi connectivity index (χ1n) is 10.2. The number of likely N-dealkylation sites (tertiary alicyclic amines) is 1. The summed E-state index contributed by atoms with van der Waals surface area (Å²) in [4.78, 5) is 40.9. The number of nitrogens with zero attached hydrogens (tertiary/aromatic N) is 1. The smallest absolute Gasteiger partial charge is 0.335 e. The van der Waals surface area contributed by atoms with Gasteiger partial charge in [0.15, 0.2) is 0 Å². The second kappa shape index (κ2) is 9.07. The normalized spacial score (nSPS) is 14.9. The van der Waals surface area contributed by atoms with Gasteiger partial charge in [-0.25, -0.2) is 4.79 Å². The minimum Gasteiger partial charge on any atom is -0.478 e. The third kappa shape index (κ3) is 5.34. The molecule has 1 saturated heterocycles. The molecular formula is C23H28N2O4. The van der Waals surface area contributed by atoms with Crippen molar-refractivity contribution in [2.45, 2.75) is 39.5 Å². The van der Waals surface area contributed by atoms with Gasteiger partial charge in [0.05, 0.1) is 5.56 Å². The Bertz CT molecular complexity index is 940. The zero-order valence-electron chi connectivity index (χ0n) is 17.0. The number of carbonyl (C=O) groups is 2. The van der Waals surface area contributed by atoms with Crippen molar-refractivity contribution in [3.63, 3.8) is 0 Å². The van der Waals surface area contributed by atoms with Gasteiger partial charge in [-0.1, -0.05) is 32.0 Å². The molecule has 0 radical (unpaired) electrons. The molecule has 0 bridgehead atoms. The molecule has 1 aliphatic heterocycles. The molecule has 6 heteroatoms. The highest BCUT2D eigenvalue weighted by Crippen LogP contribution is 2.24. The Morgan fingerprint density at radius 1 is 1.17 bits per heavy atom. The standard InChI is InChI=1S/C23H28N2O4/c1-15(2)11-19-13-18(14-21(26)24-19)22(27)25-9-7-16(8-10-25)12-17-5-3-4-6-20(17)23(28)29/h3-6,13-16H,7-12H2,1-2H3,(H,24,26)(H,28,29). The molecule has 0 saturated carbocycles. The van der Waals surface area contributed by atoms with E-state index in [-0.39, 0.29) is 11.5 Å². The molecule has 1 fully saturated rings. The molecule has 1 aliphatic rings. The maximum Gasteiger partial charge on any atom is 0.335 e. The number of aromatic amines is 1. The minimum atomic E-state index is -0.903. The second-order valence-corrected chi connectivity index (χ2v) is 8.26. The predicted molar refractivity (Wildman–Crippen MR) is 111 cm³/mol. The molecule has 2 aromatic rings. The number of amides is 1. The highest BCUT2D eigenvalue weighted by molar-refractivity contribution is 5.94. The molecular weight excluding hydrogens is 368 g/mol. The fraction of sp³-hybridized carbons (Fsp3) is 0.435. The van der Waals surface area contributed by atoms with Crippen molar-refractivity contribution < 1.29 is 14.7 Å². The number of pyridine rings is 1. The van der Waals surface area contributed by atoms with Gasteiger partial charge >= 0.3 is 5.97 Å². The summed E-state index contributed by atoms with van der Waals surface area (Å²) in [5.74, 6) is -0.277. The van der Waals surface area contributed by atoms with Gasteiger partial charge in [0, 0.05) is 30.4 Å². The average Bonchev–Trinajstić information content (AvgIpc) is 2.67. The van der Waals surface area contributed by atoms with Gasteiger partial charge in [-0.2, -0.15) is 0 Å². The number of carbonyl (C=O) groups excluding carboxylic acids is 1. The van der Waals surface area contributed by atoms with E-state index in [1.54, 1.807) is 23.1 Å². The van der Waals surface area contributed by atoms with E-state index in [4.69, 9.17) is 0 Å². The summed E-state index contributed by atoms with van der Waals surface area (Å²) < 4.78 is 0. The topological polar surface area (TPSA) is 90.5 Å². The molecule has 154 valence electrons. The Kier molecular flexibility index (Phi) is 6.52. The van der Waals surface area contributed by atoms with Crippen molar-refractivity contribution in [3.05, 3.63) is 69.1 Å². The fourth-order valence-corrected chi connectivity index (χ4v) is 4.01. The Labute approximate surface area is 170 Å². The molecule has 3 rings (SSSR count). The lowest BCUT2D eigenvalue weighted by Gasteiger charge is -2.32. The molecule has 0 unspecified atom stereocenters. The van der Waals surface area contributed by atoms with E-state index in [0.29, 0.717) is 42.5 Å². The van der Waals surface area contributed by atoms with Crippen LogP contribution in [0.3, 0.4) is 0 Å². The Morgan fingerprint density at radius 2 is 1.86 bits per heavy atom. The number of H-pyrrole nitrogens is 1.